The van der Waals surface area contributed by atoms with Crippen molar-refractivity contribution in [2.24, 2.45) is 0 Å². The zero-order chi connectivity index (χ0) is 13.2. The molecule has 98 valence electrons. The average molecular weight is 291 g/mol. The van der Waals surface area contributed by atoms with Crippen molar-refractivity contribution in [3.63, 3.8) is 0 Å². The summed E-state index contributed by atoms with van der Waals surface area (Å²) in [5.74, 6) is 0. The van der Waals surface area contributed by atoms with Crippen LogP contribution in [-0.4, -0.2) is 5.11 Å². The number of hydrogen-bond acceptors (Lipinski definition) is 2. The van der Waals surface area contributed by atoms with E-state index in [0.717, 1.165) is 10.5 Å². The summed E-state index contributed by atoms with van der Waals surface area (Å²) in [6, 6.07) is 12.4. The minimum Gasteiger partial charge on any atom is -0.392 e. The number of halogens is 1. The summed E-state index contributed by atoms with van der Waals surface area (Å²) >= 11 is 7.65. The van der Waals surface area contributed by atoms with Crippen molar-refractivity contribution in [3.8, 4) is 0 Å². The molecule has 2 aromatic carbocycles. The van der Waals surface area contributed by atoms with Gasteiger partial charge >= 0.3 is 0 Å². The van der Waals surface area contributed by atoms with Gasteiger partial charge in [-0.2, -0.15) is 0 Å². The Balaban J connectivity index is 1.89. The molecule has 0 radical (unpaired) electrons. The lowest BCUT2D eigenvalue weighted by molar-refractivity contribution is 0.279. The summed E-state index contributed by atoms with van der Waals surface area (Å²) in [5.41, 5.74) is 3.85. The first-order valence-corrected chi connectivity index (χ1v) is 7.64. The number of rotatable bonds is 3. The third kappa shape index (κ3) is 2.81. The van der Waals surface area contributed by atoms with Gasteiger partial charge in [0, 0.05) is 14.8 Å². The van der Waals surface area contributed by atoms with Crippen molar-refractivity contribution in [1.29, 1.82) is 0 Å². The quantitative estimate of drug-likeness (QED) is 0.900. The third-order valence-corrected chi connectivity index (χ3v) is 4.83. The Morgan fingerprint density at radius 2 is 1.89 bits per heavy atom. The molecular formula is C16H15ClOS. The molecule has 3 rings (SSSR count). The first kappa shape index (κ1) is 13.0. The fourth-order valence-corrected chi connectivity index (χ4v) is 3.69. The maximum absolute atomic E-state index is 9.40. The fourth-order valence-electron chi connectivity index (χ4n) is 2.51. The molecule has 0 aliphatic heterocycles. The first-order valence-electron chi connectivity index (χ1n) is 6.45. The van der Waals surface area contributed by atoms with Gasteiger partial charge in [-0.3, -0.25) is 0 Å². The molecule has 0 heterocycles. The number of fused-ring (bicyclic) bond motifs is 1. The molecule has 0 bridgehead atoms. The Bertz CT molecular complexity index is 610. The van der Waals surface area contributed by atoms with E-state index in [-0.39, 0.29) is 6.61 Å². The molecule has 0 aromatic heterocycles. The summed E-state index contributed by atoms with van der Waals surface area (Å²) in [4.78, 5) is 2.31. The topological polar surface area (TPSA) is 20.2 Å². The van der Waals surface area contributed by atoms with E-state index < -0.39 is 0 Å². The summed E-state index contributed by atoms with van der Waals surface area (Å²) in [6.07, 6.45) is 3.67. The molecule has 1 N–H and O–H groups in total. The average Bonchev–Trinajstić information content (AvgIpc) is 2.88. The van der Waals surface area contributed by atoms with Crippen LogP contribution < -0.4 is 0 Å². The van der Waals surface area contributed by atoms with Crippen LogP contribution in [0.4, 0.5) is 0 Å². The highest BCUT2D eigenvalue weighted by Gasteiger charge is 2.12. The number of benzene rings is 2. The van der Waals surface area contributed by atoms with Crippen molar-refractivity contribution < 1.29 is 5.11 Å². The SMILES string of the molecule is OCc1cc(Cl)ccc1Sc1ccc2c(c1)CCC2. The molecule has 1 aliphatic rings. The summed E-state index contributed by atoms with van der Waals surface area (Å²) in [7, 11) is 0. The van der Waals surface area contributed by atoms with Gasteiger partial charge < -0.3 is 5.11 Å². The van der Waals surface area contributed by atoms with Crippen molar-refractivity contribution >= 4 is 23.4 Å². The van der Waals surface area contributed by atoms with Gasteiger partial charge in [0.2, 0.25) is 0 Å². The smallest absolute Gasteiger partial charge is 0.0693 e. The molecule has 0 saturated heterocycles. The third-order valence-electron chi connectivity index (χ3n) is 3.49. The van der Waals surface area contributed by atoms with Gasteiger partial charge in [0.15, 0.2) is 0 Å². The Labute approximate surface area is 122 Å². The predicted octanol–water partition coefficient (Wildman–Crippen LogP) is 4.47. The standard InChI is InChI=1S/C16H15ClOS/c17-14-5-7-16(13(8-14)10-18)19-15-6-4-11-2-1-3-12(11)9-15/h4-9,18H,1-3,10H2. The summed E-state index contributed by atoms with van der Waals surface area (Å²) in [5, 5.41) is 10.1. The van der Waals surface area contributed by atoms with E-state index in [1.807, 2.05) is 18.2 Å². The molecule has 3 heteroatoms. The van der Waals surface area contributed by atoms with Crippen LogP contribution in [0.2, 0.25) is 5.02 Å². The van der Waals surface area contributed by atoms with Crippen LogP contribution in [0.25, 0.3) is 0 Å². The molecule has 0 fully saturated rings. The molecular weight excluding hydrogens is 276 g/mol. The van der Waals surface area contributed by atoms with Crippen molar-refractivity contribution in [2.45, 2.75) is 35.7 Å². The normalized spacial score (nSPS) is 13.6. The molecule has 19 heavy (non-hydrogen) atoms. The van der Waals surface area contributed by atoms with Crippen molar-refractivity contribution in [2.75, 3.05) is 0 Å². The molecule has 0 amide bonds. The van der Waals surface area contributed by atoms with Gasteiger partial charge in [-0.15, -0.1) is 0 Å². The highest BCUT2D eigenvalue weighted by molar-refractivity contribution is 7.99. The van der Waals surface area contributed by atoms with Crippen LogP contribution in [0.1, 0.15) is 23.1 Å². The minimum atomic E-state index is 0.0217. The Kier molecular flexibility index (Phi) is 3.83. The molecule has 0 atom stereocenters. The highest BCUT2D eigenvalue weighted by atomic mass is 35.5. The second kappa shape index (κ2) is 5.58. The molecule has 0 unspecified atom stereocenters. The zero-order valence-corrected chi connectivity index (χ0v) is 12.1. The van der Waals surface area contributed by atoms with E-state index >= 15 is 0 Å². The predicted molar refractivity (Wildman–Crippen MR) is 80.0 cm³/mol. The van der Waals surface area contributed by atoms with Crippen LogP contribution in [0.5, 0.6) is 0 Å². The van der Waals surface area contributed by atoms with Crippen molar-refractivity contribution in [1.82, 2.24) is 0 Å². The van der Waals surface area contributed by atoms with Gasteiger partial charge in [-0.25, -0.2) is 0 Å². The number of hydrogen-bond donors (Lipinski definition) is 1. The van der Waals surface area contributed by atoms with E-state index in [1.165, 1.54) is 35.3 Å². The monoisotopic (exact) mass is 290 g/mol. The molecule has 0 spiro atoms. The van der Waals surface area contributed by atoms with E-state index in [0.29, 0.717) is 5.02 Å². The van der Waals surface area contributed by atoms with Gasteiger partial charge in [0.05, 0.1) is 6.61 Å². The lowest BCUT2D eigenvalue weighted by Gasteiger charge is -2.09. The molecule has 1 aliphatic carbocycles. The second-order valence-corrected chi connectivity index (χ2v) is 6.35. The Morgan fingerprint density at radius 3 is 2.74 bits per heavy atom. The lowest BCUT2D eigenvalue weighted by atomic mass is 10.1. The molecule has 1 nitrogen and oxygen atoms in total. The van der Waals surface area contributed by atoms with Crippen LogP contribution in [-0.2, 0) is 19.4 Å². The van der Waals surface area contributed by atoms with E-state index in [4.69, 9.17) is 11.6 Å². The lowest BCUT2D eigenvalue weighted by Crippen LogP contribution is -1.88. The fraction of sp³-hybridized carbons (Fsp3) is 0.250. The van der Waals surface area contributed by atoms with Crippen LogP contribution in [0.3, 0.4) is 0 Å². The van der Waals surface area contributed by atoms with E-state index in [9.17, 15) is 5.11 Å². The van der Waals surface area contributed by atoms with Gasteiger partial charge in [0.25, 0.3) is 0 Å². The van der Waals surface area contributed by atoms with E-state index in [1.54, 1.807) is 11.8 Å². The zero-order valence-electron chi connectivity index (χ0n) is 10.5. The number of aryl methyl sites for hydroxylation is 2. The highest BCUT2D eigenvalue weighted by Crippen LogP contribution is 2.34. The number of aliphatic hydroxyl groups is 1. The van der Waals surface area contributed by atoms with Crippen LogP contribution in [0, 0.1) is 0 Å². The summed E-state index contributed by atoms with van der Waals surface area (Å²) in [6.45, 7) is 0.0217. The molecule has 2 aromatic rings. The van der Waals surface area contributed by atoms with Crippen molar-refractivity contribution in [3.05, 3.63) is 58.1 Å². The Hall–Kier alpha value is -0.960. The molecule has 0 saturated carbocycles. The van der Waals surface area contributed by atoms with Gasteiger partial charge in [-0.05, 0) is 66.3 Å². The van der Waals surface area contributed by atoms with Gasteiger partial charge in [0.1, 0.15) is 0 Å². The maximum atomic E-state index is 9.40. The van der Waals surface area contributed by atoms with E-state index in [2.05, 4.69) is 18.2 Å². The minimum absolute atomic E-state index is 0.0217. The van der Waals surface area contributed by atoms with Crippen LogP contribution in [0.15, 0.2) is 46.2 Å². The first-order chi connectivity index (χ1) is 9.26. The van der Waals surface area contributed by atoms with Gasteiger partial charge in [-0.1, -0.05) is 29.4 Å². The second-order valence-electron chi connectivity index (χ2n) is 4.80. The Morgan fingerprint density at radius 1 is 1.05 bits per heavy atom. The largest absolute Gasteiger partial charge is 0.392 e. The summed E-state index contributed by atoms with van der Waals surface area (Å²) < 4.78 is 0. The van der Waals surface area contributed by atoms with Crippen LogP contribution >= 0.6 is 23.4 Å². The number of aliphatic hydroxyl groups excluding tert-OH is 1. The maximum Gasteiger partial charge on any atom is 0.0693 e.